The predicted molar refractivity (Wildman–Crippen MR) is 69.9 cm³/mol. The fraction of sp³-hybridized carbons (Fsp3) is 0.0833. The number of nitrogen functional groups attached to an aromatic ring is 1. The maximum Gasteiger partial charge on any atom is 0.227 e. The number of aromatic amines is 1. The molecule has 0 saturated carbocycles. The van der Waals surface area contributed by atoms with Gasteiger partial charge in [0.25, 0.3) is 0 Å². The number of anilines is 2. The fourth-order valence-corrected chi connectivity index (χ4v) is 1.71. The number of fused-ring (bicyclic) bond motifs is 1. The van der Waals surface area contributed by atoms with Gasteiger partial charge in [-0.15, -0.1) is 0 Å². The van der Waals surface area contributed by atoms with Gasteiger partial charge in [0.2, 0.25) is 5.95 Å². The van der Waals surface area contributed by atoms with Crippen LogP contribution in [0, 0.1) is 0 Å². The Bertz CT molecular complexity index is 661. The second-order valence-corrected chi connectivity index (χ2v) is 3.87. The summed E-state index contributed by atoms with van der Waals surface area (Å²) in [4.78, 5) is 15.4. The smallest absolute Gasteiger partial charge is 0.227 e. The minimum Gasteiger partial charge on any atom is -0.382 e. The van der Waals surface area contributed by atoms with Crippen LogP contribution in [-0.2, 0) is 6.54 Å². The quantitative estimate of drug-likeness (QED) is 0.646. The molecule has 0 atom stereocenters. The van der Waals surface area contributed by atoms with E-state index in [-0.39, 0.29) is 0 Å². The molecule has 0 aliphatic rings. The molecule has 0 unspecified atom stereocenters. The van der Waals surface area contributed by atoms with Crippen LogP contribution in [0.4, 0.5) is 11.8 Å². The molecule has 2 aromatic heterocycles. The van der Waals surface area contributed by atoms with Crippen molar-refractivity contribution >= 4 is 22.9 Å². The molecule has 3 aromatic rings. The third-order valence-corrected chi connectivity index (χ3v) is 2.61. The normalized spacial score (nSPS) is 10.7. The molecule has 0 aliphatic heterocycles. The number of H-pyrrole nitrogens is 1. The minimum atomic E-state index is 0.396. The molecule has 18 heavy (non-hydrogen) atoms. The number of imidazole rings is 1. The number of benzene rings is 1. The van der Waals surface area contributed by atoms with Gasteiger partial charge in [0, 0.05) is 6.54 Å². The zero-order chi connectivity index (χ0) is 12.4. The Morgan fingerprint density at radius 2 is 2.00 bits per heavy atom. The second-order valence-electron chi connectivity index (χ2n) is 3.87. The zero-order valence-corrected chi connectivity index (χ0v) is 9.59. The minimum absolute atomic E-state index is 0.396. The average Bonchev–Trinajstić information content (AvgIpc) is 2.86. The number of hydrogen-bond donors (Lipinski definition) is 3. The Balaban J connectivity index is 1.82. The molecule has 0 spiro atoms. The Kier molecular flexibility index (Phi) is 2.53. The third kappa shape index (κ3) is 1.95. The Morgan fingerprint density at radius 3 is 2.83 bits per heavy atom. The van der Waals surface area contributed by atoms with E-state index < -0.39 is 0 Å². The highest BCUT2D eigenvalue weighted by atomic mass is 15.2. The van der Waals surface area contributed by atoms with E-state index in [4.69, 9.17) is 5.73 Å². The van der Waals surface area contributed by atoms with Crippen molar-refractivity contribution in [2.24, 2.45) is 0 Å². The van der Waals surface area contributed by atoms with E-state index in [9.17, 15) is 0 Å². The first-order chi connectivity index (χ1) is 8.83. The summed E-state index contributed by atoms with van der Waals surface area (Å²) < 4.78 is 0. The number of rotatable bonds is 3. The number of nitrogens with one attached hydrogen (secondary N) is 2. The standard InChI is InChI=1S/C12H12N6/c13-10-9-11(16-7-15-9)18-12(17-10)14-6-8-4-2-1-3-5-8/h1-5,7H,6H2,(H4,13,14,15,16,17,18). The predicted octanol–water partition coefficient (Wildman–Crippen LogP) is 1.55. The van der Waals surface area contributed by atoms with Gasteiger partial charge in [-0.05, 0) is 5.56 Å². The van der Waals surface area contributed by atoms with Gasteiger partial charge in [-0.2, -0.15) is 9.97 Å². The van der Waals surface area contributed by atoms with Crippen LogP contribution in [0.3, 0.4) is 0 Å². The summed E-state index contributed by atoms with van der Waals surface area (Å²) >= 11 is 0. The van der Waals surface area contributed by atoms with Crippen molar-refractivity contribution in [3.05, 3.63) is 42.2 Å². The van der Waals surface area contributed by atoms with E-state index in [1.807, 2.05) is 30.3 Å². The van der Waals surface area contributed by atoms with Crippen LogP contribution in [0.2, 0.25) is 0 Å². The van der Waals surface area contributed by atoms with Gasteiger partial charge in [0.1, 0.15) is 5.52 Å². The first-order valence-electron chi connectivity index (χ1n) is 5.57. The second kappa shape index (κ2) is 4.33. The fourth-order valence-electron chi connectivity index (χ4n) is 1.71. The molecular weight excluding hydrogens is 228 g/mol. The first kappa shape index (κ1) is 10.5. The SMILES string of the molecule is Nc1nc(NCc2ccccc2)nc2nc[nH]c12. The molecular formula is C12H12N6. The van der Waals surface area contributed by atoms with E-state index in [2.05, 4.69) is 25.3 Å². The summed E-state index contributed by atoms with van der Waals surface area (Å²) in [5.74, 6) is 0.879. The van der Waals surface area contributed by atoms with Gasteiger partial charge in [0.15, 0.2) is 11.5 Å². The lowest BCUT2D eigenvalue weighted by Crippen LogP contribution is -2.05. The first-order valence-corrected chi connectivity index (χ1v) is 5.57. The lowest BCUT2D eigenvalue weighted by Gasteiger charge is -2.05. The summed E-state index contributed by atoms with van der Waals surface area (Å²) in [5.41, 5.74) is 8.20. The number of nitrogens with two attached hydrogens (primary N) is 1. The number of nitrogens with zero attached hydrogens (tertiary/aromatic N) is 3. The molecule has 0 aliphatic carbocycles. The Labute approximate surface area is 103 Å². The van der Waals surface area contributed by atoms with Crippen molar-refractivity contribution in [2.45, 2.75) is 6.54 Å². The molecule has 6 heteroatoms. The molecule has 0 bridgehead atoms. The molecule has 3 rings (SSSR count). The lowest BCUT2D eigenvalue weighted by molar-refractivity contribution is 1.07. The van der Waals surface area contributed by atoms with Gasteiger partial charge >= 0.3 is 0 Å². The molecule has 0 amide bonds. The topological polar surface area (TPSA) is 92.5 Å². The molecule has 4 N–H and O–H groups in total. The van der Waals surface area contributed by atoms with Crippen molar-refractivity contribution in [2.75, 3.05) is 11.1 Å². The highest BCUT2D eigenvalue weighted by Gasteiger charge is 2.06. The maximum absolute atomic E-state index is 5.81. The van der Waals surface area contributed by atoms with Crippen molar-refractivity contribution < 1.29 is 0 Å². The lowest BCUT2D eigenvalue weighted by atomic mass is 10.2. The van der Waals surface area contributed by atoms with Crippen molar-refractivity contribution in [1.82, 2.24) is 19.9 Å². The van der Waals surface area contributed by atoms with Crippen molar-refractivity contribution in [1.29, 1.82) is 0 Å². The highest BCUT2D eigenvalue weighted by Crippen LogP contribution is 2.15. The van der Waals surface area contributed by atoms with Crippen LogP contribution in [0.25, 0.3) is 11.2 Å². The Hall–Kier alpha value is -2.63. The summed E-state index contributed by atoms with van der Waals surface area (Å²) in [6, 6.07) is 10.0. The highest BCUT2D eigenvalue weighted by molar-refractivity contribution is 5.82. The van der Waals surface area contributed by atoms with E-state index in [0.29, 0.717) is 29.5 Å². The molecule has 1 aromatic carbocycles. The average molecular weight is 240 g/mol. The van der Waals surface area contributed by atoms with E-state index in [1.54, 1.807) is 6.33 Å². The van der Waals surface area contributed by atoms with Crippen LogP contribution in [0.5, 0.6) is 0 Å². The summed E-state index contributed by atoms with van der Waals surface area (Å²) in [7, 11) is 0. The van der Waals surface area contributed by atoms with Gasteiger partial charge in [-0.3, -0.25) is 0 Å². The van der Waals surface area contributed by atoms with Gasteiger partial charge < -0.3 is 16.0 Å². The zero-order valence-electron chi connectivity index (χ0n) is 9.59. The molecule has 0 fully saturated rings. The molecule has 0 radical (unpaired) electrons. The maximum atomic E-state index is 5.81. The van der Waals surface area contributed by atoms with E-state index in [0.717, 1.165) is 5.56 Å². The number of hydrogen-bond acceptors (Lipinski definition) is 5. The number of aromatic nitrogens is 4. The van der Waals surface area contributed by atoms with Crippen molar-refractivity contribution in [3.63, 3.8) is 0 Å². The van der Waals surface area contributed by atoms with Crippen molar-refractivity contribution in [3.8, 4) is 0 Å². The van der Waals surface area contributed by atoms with Crippen LogP contribution < -0.4 is 11.1 Å². The largest absolute Gasteiger partial charge is 0.382 e. The summed E-state index contributed by atoms with van der Waals surface area (Å²) in [6.07, 6.45) is 1.55. The van der Waals surface area contributed by atoms with Crippen LogP contribution in [0.15, 0.2) is 36.7 Å². The molecule has 90 valence electrons. The molecule has 6 nitrogen and oxygen atoms in total. The van der Waals surface area contributed by atoms with Crippen LogP contribution in [-0.4, -0.2) is 19.9 Å². The van der Waals surface area contributed by atoms with Crippen LogP contribution >= 0.6 is 0 Å². The summed E-state index contributed by atoms with van der Waals surface area (Å²) in [6.45, 7) is 0.649. The molecule has 2 heterocycles. The third-order valence-electron chi connectivity index (χ3n) is 2.61. The molecule has 0 saturated heterocycles. The van der Waals surface area contributed by atoms with Gasteiger partial charge in [-0.25, -0.2) is 4.98 Å². The van der Waals surface area contributed by atoms with Gasteiger partial charge in [0.05, 0.1) is 6.33 Å². The van der Waals surface area contributed by atoms with Gasteiger partial charge in [-0.1, -0.05) is 30.3 Å². The monoisotopic (exact) mass is 240 g/mol. The van der Waals surface area contributed by atoms with E-state index >= 15 is 0 Å². The summed E-state index contributed by atoms with van der Waals surface area (Å²) in [5, 5.41) is 3.13. The van der Waals surface area contributed by atoms with E-state index in [1.165, 1.54) is 0 Å². The Morgan fingerprint density at radius 1 is 1.17 bits per heavy atom. The van der Waals surface area contributed by atoms with Crippen LogP contribution in [0.1, 0.15) is 5.56 Å².